The Kier molecular flexibility index (Phi) is 6.65. The highest BCUT2D eigenvalue weighted by Gasteiger charge is 2.37. The van der Waals surface area contributed by atoms with E-state index >= 15 is 0 Å². The Morgan fingerprint density at radius 1 is 0.939 bits per heavy atom. The third kappa shape index (κ3) is 4.71. The van der Waals surface area contributed by atoms with Crippen LogP contribution < -0.4 is 9.47 Å². The number of halogens is 1. The summed E-state index contributed by atoms with van der Waals surface area (Å²) in [4.78, 5) is 26.2. The van der Waals surface area contributed by atoms with Crippen molar-refractivity contribution >= 4 is 28.4 Å². The molecule has 3 aromatic carbocycles. The second-order valence-corrected chi connectivity index (χ2v) is 8.91. The lowest BCUT2D eigenvalue weighted by molar-refractivity contribution is -0.131. The maximum atomic E-state index is 13.8. The van der Waals surface area contributed by atoms with Crippen LogP contribution in [0.15, 0.2) is 72.8 Å². The lowest BCUT2D eigenvalue weighted by atomic mass is 9.88. The Labute approximate surface area is 196 Å². The highest BCUT2D eigenvalue weighted by molar-refractivity contribution is 8.08. The third-order valence-electron chi connectivity index (χ3n) is 5.59. The fourth-order valence-corrected chi connectivity index (χ4v) is 5.42. The summed E-state index contributed by atoms with van der Waals surface area (Å²) < 4.78 is 24.3. The molecule has 4 nitrogen and oxygen atoms in total. The Morgan fingerprint density at radius 3 is 2.33 bits per heavy atom. The largest absolute Gasteiger partial charge is 0.496 e. The SMILES string of the molecule is COc1ccccc1C1SC(c2ccc(F)cc2)=CC1C(=O)c1cccc(OC(C)=O)c1C. The van der Waals surface area contributed by atoms with Gasteiger partial charge in [-0.1, -0.05) is 48.5 Å². The van der Waals surface area contributed by atoms with Crippen molar-refractivity contribution in [2.75, 3.05) is 7.11 Å². The summed E-state index contributed by atoms with van der Waals surface area (Å²) in [5.74, 6) is -0.249. The first-order valence-electron chi connectivity index (χ1n) is 10.5. The average Bonchev–Trinajstić information content (AvgIpc) is 3.25. The van der Waals surface area contributed by atoms with Crippen molar-refractivity contribution in [3.63, 3.8) is 0 Å². The molecule has 0 bridgehead atoms. The Bertz CT molecular complexity index is 1230. The highest BCUT2D eigenvalue weighted by Crippen LogP contribution is 2.54. The summed E-state index contributed by atoms with van der Waals surface area (Å²) in [6.45, 7) is 3.10. The minimum atomic E-state index is -0.488. The molecule has 1 aliphatic heterocycles. The molecule has 0 N–H and O–H groups in total. The van der Waals surface area contributed by atoms with E-state index in [2.05, 4.69) is 0 Å². The van der Waals surface area contributed by atoms with Crippen molar-refractivity contribution in [3.05, 3.63) is 101 Å². The van der Waals surface area contributed by atoms with Gasteiger partial charge in [0.15, 0.2) is 5.78 Å². The molecular formula is C27H23FO4S. The van der Waals surface area contributed by atoms with E-state index in [4.69, 9.17) is 9.47 Å². The molecule has 3 aromatic rings. The number of carbonyl (C=O) groups is 2. The summed E-state index contributed by atoms with van der Waals surface area (Å²) in [6.07, 6.45) is 1.94. The lowest BCUT2D eigenvalue weighted by Crippen LogP contribution is -2.18. The fourth-order valence-electron chi connectivity index (χ4n) is 3.98. The van der Waals surface area contributed by atoms with Crippen molar-refractivity contribution in [1.29, 1.82) is 0 Å². The van der Waals surface area contributed by atoms with Crippen molar-refractivity contribution < 1.29 is 23.5 Å². The number of benzene rings is 3. The molecule has 1 aliphatic rings. The summed E-state index contributed by atoms with van der Waals surface area (Å²) in [6, 6.07) is 19.0. The van der Waals surface area contributed by atoms with Gasteiger partial charge in [-0.15, -0.1) is 11.8 Å². The number of ether oxygens (including phenoxy) is 2. The molecule has 2 atom stereocenters. The number of hydrogen-bond acceptors (Lipinski definition) is 5. The smallest absolute Gasteiger partial charge is 0.308 e. The number of esters is 1. The molecule has 4 rings (SSSR count). The Hall–Kier alpha value is -3.38. The summed E-state index contributed by atoms with van der Waals surface area (Å²) in [5.41, 5.74) is 2.87. The second-order valence-electron chi connectivity index (χ2n) is 7.73. The maximum Gasteiger partial charge on any atom is 0.308 e. The van der Waals surface area contributed by atoms with Gasteiger partial charge in [0, 0.05) is 28.5 Å². The van der Waals surface area contributed by atoms with Crippen LogP contribution in [-0.2, 0) is 4.79 Å². The molecule has 0 aromatic heterocycles. The van der Waals surface area contributed by atoms with E-state index in [1.165, 1.54) is 19.1 Å². The Morgan fingerprint density at radius 2 is 1.64 bits per heavy atom. The molecule has 6 heteroatoms. The van der Waals surface area contributed by atoms with Crippen LogP contribution in [0.4, 0.5) is 4.39 Å². The topological polar surface area (TPSA) is 52.6 Å². The second kappa shape index (κ2) is 9.63. The first-order chi connectivity index (χ1) is 15.9. The number of rotatable bonds is 6. The fraction of sp³-hybridized carbons (Fsp3) is 0.185. The van der Waals surface area contributed by atoms with Gasteiger partial charge in [0.2, 0.25) is 0 Å². The van der Waals surface area contributed by atoms with Crippen LogP contribution in [0.3, 0.4) is 0 Å². The number of para-hydroxylation sites is 1. The standard InChI is InChI=1S/C27H23FO4S/c1-16-20(8-6-10-23(16)32-17(2)29)26(30)22-15-25(18-11-13-19(28)14-12-18)33-27(22)21-7-4-5-9-24(21)31-3/h4-15,22,27H,1-3H3. The number of hydrogen-bond donors (Lipinski definition) is 0. The molecule has 0 saturated heterocycles. The summed E-state index contributed by atoms with van der Waals surface area (Å²) >= 11 is 1.56. The summed E-state index contributed by atoms with van der Waals surface area (Å²) in [5, 5.41) is -0.231. The van der Waals surface area contributed by atoms with Crippen LogP contribution in [0.25, 0.3) is 4.91 Å². The molecular weight excluding hydrogens is 439 g/mol. The maximum absolute atomic E-state index is 13.8. The van der Waals surface area contributed by atoms with Gasteiger partial charge in [-0.2, -0.15) is 0 Å². The van der Waals surface area contributed by atoms with E-state index in [0.29, 0.717) is 22.6 Å². The van der Waals surface area contributed by atoms with E-state index in [-0.39, 0.29) is 16.9 Å². The zero-order valence-corrected chi connectivity index (χ0v) is 19.3. The molecule has 0 aliphatic carbocycles. The van der Waals surface area contributed by atoms with E-state index in [9.17, 15) is 14.0 Å². The molecule has 0 fully saturated rings. The van der Waals surface area contributed by atoms with Gasteiger partial charge >= 0.3 is 5.97 Å². The van der Waals surface area contributed by atoms with Crippen LogP contribution >= 0.6 is 11.8 Å². The number of Topliss-reactive ketones (excluding diaryl/α,β-unsaturated/α-hetero) is 1. The number of thioether (sulfide) groups is 1. The number of ketones is 1. The lowest BCUT2D eigenvalue weighted by Gasteiger charge is -2.21. The molecule has 0 spiro atoms. The molecule has 33 heavy (non-hydrogen) atoms. The predicted octanol–water partition coefficient (Wildman–Crippen LogP) is 6.40. The van der Waals surface area contributed by atoms with Crippen LogP contribution in [0.5, 0.6) is 11.5 Å². The summed E-state index contributed by atoms with van der Waals surface area (Å²) in [7, 11) is 1.61. The van der Waals surface area contributed by atoms with Crippen molar-refractivity contribution in [3.8, 4) is 11.5 Å². The zero-order chi connectivity index (χ0) is 23.5. The van der Waals surface area contributed by atoms with Gasteiger partial charge in [0.25, 0.3) is 0 Å². The van der Waals surface area contributed by atoms with Gasteiger partial charge in [0.1, 0.15) is 17.3 Å². The first-order valence-corrected chi connectivity index (χ1v) is 11.4. The van der Waals surface area contributed by atoms with Crippen LogP contribution in [0.1, 0.15) is 39.2 Å². The minimum absolute atomic E-state index is 0.0815. The first kappa shape index (κ1) is 22.8. The van der Waals surface area contributed by atoms with Crippen LogP contribution in [0.2, 0.25) is 0 Å². The average molecular weight is 463 g/mol. The molecule has 168 valence electrons. The predicted molar refractivity (Wildman–Crippen MR) is 128 cm³/mol. The molecule has 0 amide bonds. The number of carbonyl (C=O) groups excluding carboxylic acids is 2. The molecule has 0 radical (unpaired) electrons. The highest BCUT2D eigenvalue weighted by atomic mass is 32.2. The van der Waals surface area contributed by atoms with Crippen LogP contribution in [0, 0.1) is 18.7 Å². The Balaban J connectivity index is 1.78. The van der Waals surface area contributed by atoms with Gasteiger partial charge < -0.3 is 9.47 Å². The quantitative estimate of drug-likeness (QED) is 0.241. The van der Waals surface area contributed by atoms with Gasteiger partial charge in [-0.25, -0.2) is 4.39 Å². The van der Waals surface area contributed by atoms with E-state index in [1.54, 1.807) is 56.1 Å². The van der Waals surface area contributed by atoms with Gasteiger partial charge in [-0.3, -0.25) is 9.59 Å². The number of allylic oxidation sites excluding steroid dienone is 1. The van der Waals surface area contributed by atoms with E-state index in [0.717, 1.165) is 16.0 Å². The van der Waals surface area contributed by atoms with Crippen molar-refractivity contribution in [2.24, 2.45) is 5.92 Å². The third-order valence-corrected chi connectivity index (χ3v) is 7.02. The monoisotopic (exact) mass is 462 g/mol. The number of methoxy groups -OCH3 is 1. The van der Waals surface area contributed by atoms with E-state index < -0.39 is 11.9 Å². The van der Waals surface area contributed by atoms with Gasteiger partial charge in [-0.05, 0) is 36.8 Å². The zero-order valence-electron chi connectivity index (χ0n) is 18.5. The normalized spacial score (nSPS) is 17.4. The van der Waals surface area contributed by atoms with Crippen LogP contribution in [-0.4, -0.2) is 18.9 Å². The van der Waals surface area contributed by atoms with Crippen molar-refractivity contribution in [1.82, 2.24) is 0 Å². The molecule has 1 heterocycles. The van der Waals surface area contributed by atoms with Gasteiger partial charge in [0.05, 0.1) is 18.3 Å². The van der Waals surface area contributed by atoms with E-state index in [1.807, 2.05) is 30.3 Å². The van der Waals surface area contributed by atoms with Crippen molar-refractivity contribution in [2.45, 2.75) is 19.1 Å². The minimum Gasteiger partial charge on any atom is -0.496 e. The molecule has 2 unspecified atom stereocenters. The molecule has 0 saturated carbocycles.